The van der Waals surface area contributed by atoms with Crippen LogP contribution in [0.2, 0.25) is 0 Å². The van der Waals surface area contributed by atoms with Gasteiger partial charge in [-0.15, -0.1) is 13.2 Å². The van der Waals surface area contributed by atoms with Crippen molar-refractivity contribution in [3.8, 4) is 40.1 Å². The number of ether oxygens (including phenoxy) is 4. The zero-order chi connectivity index (χ0) is 31.1. The van der Waals surface area contributed by atoms with Crippen molar-refractivity contribution < 1.29 is 46.4 Å². The van der Waals surface area contributed by atoms with Gasteiger partial charge in [0.2, 0.25) is 5.89 Å². The molecule has 4 rings (SSSR count). The lowest BCUT2D eigenvalue weighted by atomic mass is 10.0. The molecule has 2 heterocycles. The third-order valence-electron chi connectivity index (χ3n) is 5.99. The Hall–Kier alpha value is -4.65. The Balaban J connectivity index is 1.58. The van der Waals surface area contributed by atoms with Crippen LogP contribution in [0.15, 0.2) is 59.3 Å². The van der Waals surface area contributed by atoms with Crippen molar-refractivity contribution in [2.75, 3.05) is 6.61 Å². The second-order valence-corrected chi connectivity index (χ2v) is 9.64. The molecule has 1 unspecified atom stereocenters. The summed E-state index contributed by atoms with van der Waals surface area (Å²) in [6.07, 6.45) is -2.69. The van der Waals surface area contributed by atoms with Crippen molar-refractivity contribution in [2.45, 2.75) is 59.3 Å². The molecular weight excluding hydrogens is 571 g/mol. The zero-order valence-corrected chi connectivity index (χ0v) is 23.8. The molecule has 0 saturated carbocycles. The van der Waals surface area contributed by atoms with Crippen molar-refractivity contribution in [1.82, 2.24) is 15.0 Å². The van der Waals surface area contributed by atoms with Crippen molar-refractivity contribution in [2.24, 2.45) is 0 Å². The van der Waals surface area contributed by atoms with E-state index in [2.05, 4.69) is 19.7 Å². The molecule has 0 saturated heterocycles. The van der Waals surface area contributed by atoms with Crippen molar-refractivity contribution in [1.29, 1.82) is 0 Å². The molecule has 2 aromatic carbocycles. The smallest absolute Gasteiger partial charge is 0.484 e. The van der Waals surface area contributed by atoms with E-state index in [1.807, 2.05) is 20.8 Å². The third-order valence-corrected chi connectivity index (χ3v) is 5.99. The monoisotopic (exact) mass is 601 g/mol. The summed E-state index contributed by atoms with van der Waals surface area (Å²) in [5, 5.41) is 9.38. The molecule has 0 fully saturated rings. The van der Waals surface area contributed by atoms with E-state index in [1.54, 1.807) is 25.1 Å². The Bertz CT molecular complexity index is 1520. The van der Waals surface area contributed by atoms with Gasteiger partial charge in [0.25, 0.3) is 0 Å². The van der Waals surface area contributed by atoms with Gasteiger partial charge in [-0.3, -0.25) is 0 Å². The first kappa shape index (κ1) is 31.3. The molecule has 228 valence electrons. The normalized spacial score (nSPS) is 12.3. The molecule has 0 bridgehead atoms. The number of alkyl halides is 3. The molecule has 0 aliphatic carbocycles. The van der Waals surface area contributed by atoms with Crippen LogP contribution in [0.3, 0.4) is 0 Å². The molecule has 0 radical (unpaired) electrons. The van der Waals surface area contributed by atoms with E-state index in [4.69, 9.17) is 18.6 Å². The van der Waals surface area contributed by atoms with Crippen molar-refractivity contribution >= 4 is 5.97 Å². The number of rotatable bonds is 13. The molecule has 1 N–H and O–H groups in total. The lowest BCUT2D eigenvalue weighted by Crippen LogP contribution is -2.26. The highest BCUT2D eigenvalue weighted by Crippen LogP contribution is 2.34. The first-order valence-corrected chi connectivity index (χ1v) is 13.3. The minimum Gasteiger partial charge on any atom is -0.484 e. The van der Waals surface area contributed by atoms with Crippen LogP contribution in [0.4, 0.5) is 13.2 Å². The summed E-state index contributed by atoms with van der Waals surface area (Å²) >= 11 is 0. The van der Waals surface area contributed by atoms with Gasteiger partial charge in [0, 0.05) is 36.5 Å². The average molecular weight is 602 g/mol. The number of aliphatic carboxylic acids is 1. The predicted octanol–water partition coefficient (Wildman–Crippen LogP) is 6.40. The number of nitrogens with zero attached hydrogens (tertiary/aromatic N) is 3. The molecule has 10 nitrogen and oxygen atoms in total. The standard InChI is InChI=1S/C30H30F3N3O7/c1-5-39-24(28(37)38)13-20-8-11-23(12-18(20)4)40-16-25-36-26(21-14-34-29(35-15-21)41-17(2)3)27(42-25)19-6-9-22(10-7-19)43-30(31,32)33/h6-12,14-15,17,24H,5,13,16H2,1-4H3,(H,37,38). The van der Waals surface area contributed by atoms with Crippen LogP contribution >= 0.6 is 0 Å². The third kappa shape index (κ3) is 8.67. The van der Waals surface area contributed by atoms with Gasteiger partial charge in [-0.05, 0) is 75.2 Å². The van der Waals surface area contributed by atoms with Gasteiger partial charge >= 0.3 is 18.3 Å². The fourth-order valence-electron chi connectivity index (χ4n) is 4.09. The Morgan fingerprint density at radius 2 is 1.70 bits per heavy atom. The van der Waals surface area contributed by atoms with Crippen LogP contribution in [0, 0.1) is 6.92 Å². The van der Waals surface area contributed by atoms with E-state index in [0.717, 1.165) is 11.1 Å². The summed E-state index contributed by atoms with van der Waals surface area (Å²) in [6, 6.07) is 10.6. The van der Waals surface area contributed by atoms with Crippen LogP contribution in [-0.4, -0.2) is 51.2 Å². The van der Waals surface area contributed by atoms with Crippen molar-refractivity contribution in [3.05, 3.63) is 71.9 Å². The first-order valence-electron chi connectivity index (χ1n) is 13.3. The molecule has 1 atom stereocenters. The maximum absolute atomic E-state index is 12.6. The molecule has 13 heteroatoms. The molecular formula is C30H30F3N3O7. The summed E-state index contributed by atoms with van der Waals surface area (Å²) in [5.74, 6) is -0.466. The van der Waals surface area contributed by atoms with Crippen LogP contribution in [0.1, 0.15) is 37.8 Å². The Labute approximate surface area is 245 Å². The summed E-state index contributed by atoms with van der Waals surface area (Å²) in [4.78, 5) is 24.4. The van der Waals surface area contributed by atoms with Crippen LogP contribution < -0.4 is 14.2 Å². The van der Waals surface area contributed by atoms with Crippen molar-refractivity contribution in [3.63, 3.8) is 0 Å². The van der Waals surface area contributed by atoms with Gasteiger partial charge in [-0.2, -0.15) is 0 Å². The van der Waals surface area contributed by atoms with Crippen LogP contribution in [-0.2, 0) is 22.6 Å². The van der Waals surface area contributed by atoms with E-state index >= 15 is 0 Å². The Morgan fingerprint density at radius 3 is 2.28 bits per heavy atom. The summed E-state index contributed by atoms with van der Waals surface area (Å²) in [7, 11) is 0. The number of halogens is 3. The van der Waals surface area contributed by atoms with E-state index in [9.17, 15) is 23.1 Å². The number of aryl methyl sites for hydroxylation is 1. The highest BCUT2D eigenvalue weighted by atomic mass is 19.4. The molecule has 0 spiro atoms. The largest absolute Gasteiger partial charge is 0.573 e. The lowest BCUT2D eigenvalue weighted by molar-refractivity contribution is -0.274. The van der Waals surface area contributed by atoms with Gasteiger partial charge in [-0.1, -0.05) is 6.07 Å². The summed E-state index contributed by atoms with van der Waals surface area (Å²) < 4.78 is 64.6. The molecule has 0 aliphatic rings. The molecule has 0 aliphatic heterocycles. The number of carboxylic acid groups (broad SMARTS) is 1. The molecule has 4 aromatic rings. The highest BCUT2D eigenvalue weighted by molar-refractivity contribution is 5.76. The second-order valence-electron chi connectivity index (χ2n) is 9.64. The lowest BCUT2D eigenvalue weighted by Gasteiger charge is -2.15. The molecule has 2 aromatic heterocycles. The second kappa shape index (κ2) is 13.6. The quantitative estimate of drug-likeness (QED) is 0.184. The minimum atomic E-state index is -4.82. The van der Waals surface area contributed by atoms with E-state index in [0.29, 0.717) is 22.6 Å². The number of hydrogen-bond donors (Lipinski definition) is 1. The number of benzene rings is 2. The fraction of sp³-hybridized carbons (Fsp3) is 0.333. The predicted molar refractivity (Wildman–Crippen MR) is 148 cm³/mol. The number of carboxylic acids is 1. The fourth-order valence-corrected chi connectivity index (χ4v) is 4.09. The summed E-state index contributed by atoms with van der Waals surface area (Å²) in [6.45, 7) is 7.47. The number of hydrogen-bond acceptors (Lipinski definition) is 9. The van der Waals surface area contributed by atoms with E-state index in [-0.39, 0.29) is 49.1 Å². The average Bonchev–Trinajstić information content (AvgIpc) is 3.36. The Kier molecular flexibility index (Phi) is 9.86. The maximum Gasteiger partial charge on any atom is 0.573 e. The number of carbonyl (C=O) groups is 1. The minimum absolute atomic E-state index is 0.0762. The highest BCUT2D eigenvalue weighted by Gasteiger charge is 2.31. The maximum atomic E-state index is 12.6. The van der Waals surface area contributed by atoms with Crippen LogP contribution in [0.25, 0.3) is 22.6 Å². The topological polar surface area (TPSA) is 126 Å². The Morgan fingerprint density at radius 1 is 1.02 bits per heavy atom. The van der Waals surface area contributed by atoms with Gasteiger partial charge in [0.05, 0.1) is 6.10 Å². The van der Waals surface area contributed by atoms with E-state index in [1.165, 1.54) is 36.7 Å². The molecule has 0 amide bonds. The van der Waals surface area contributed by atoms with Crippen LogP contribution in [0.5, 0.6) is 17.5 Å². The zero-order valence-electron chi connectivity index (χ0n) is 23.8. The van der Waals surface area contributed by atoms with Gasteiger partial charge in [-0.25, -0.2) is 19.7 Å². The van der Waals surface area contributed by atoms with Gasteiger partial charge in [0.1, 0.15) is 17.2 Å². The van der Waals surface area contributed by atoms with Gasteiger partial charge in [0.15, 0.2) is 18.5 Å². The van der Waals surface area contributed by atoms with E-state index < -0.39 is 18.4 Å². The number of aromatic nitrogens is 3. The van der Waals surface area contributed by atoms with Gasteiger partial charge < -0.3 is 28.5 Å². The summed E-state index contributed by atoms with van der Waals surface area (Å²) in [5.41, 5.74) is 2.89. The first-order chi connectivity index (χ1) is 20.4. The SMILES string of the molecule is CCOC(Cc1ccc(OCc2nc(-c3cnc(OC(C)C)nc3)c(-c3ccc(OC(F)(F)F)cc3)o2)cc1C)C(=O)O. The number of oxazole rings is 1. The molecule has 43 heavy (non-hydrogen) atoms.